The lowest BCUT2D eigenvalue weighted by molar-refractivity contribution is -0.145. The van der Waals surface area contributed by atoms with Gasteiger partial charge in [-0.3, -0.25) is 4.90 Å². The van der Waals surface area contributed by atoms with Crippen LogP contribution in [0.5, 0.6) is 23.1 Å². The summed E-state index contributed by atoms with van der Waals surface area (Å²) in [6, 6.07) is 16.9. The molecule has 13 nitrogen and oxygen atoms in total. The Morgan fingerprint density at radius 1 is 1.00 bits per heavy atom. The van der Waals surface area contributed by atoms with Crippen molar-refractivity contribution < 1.29 is 42.4 Å². The van der Waals surface area contributed by atoms with Crippen LogP contribution >= 0.6 is 22.9 Å². The maximum absolute atomic E-state index is 14.3. The van der Waals surface area contributed by atoms with Gasteiger partial charge in [-0.1, -0.05) is 35.7 Å². The average Bonchev–Trinajstić information content (AvgIpc) is 3.69. The Balaban J connectivity index is 1.19. The highest BCUT2D eigenvalue weighted by Crippen LogP contribution is 2.42. The summed E-state index contributed by atoms with van der Waals surface area (Å²) in [5.41, 5.74) is 2.68. The Morgan fingerprint density at radius 2 is 1.78 bits per heavy atom. The first kappa shape index (κ1) is 44.9. The molecule has 0 aliphatic carbocycles. The standard InChI is InChI=1S/C48H43ClF2N6O7S/c1-4-38(49)41-7-5-6-36-43-46(53-28-54-47(43)65-44(36)29-8-10-31(50)11-9-29)64-42(48(58)59)23-30-22-34(61-27-35(63-41)25-57-20-18-56(2)19-21-57)13-15-39(30)62-26-33-16-17-52-45(55-33)37-24-32(51)12-14-40(37)60-3/h1,5,7-17,22,24,28,35,42H,6,18-21,23,25-27H2,2-3H3,(H,58,59)/b7-5-,41-38-/t35-,42-/m1/s1. The summed E-state index contributed by atoms with van der Waals surface area (Å²) in [6.45, 7) is 3.89. The molecule has 2 atom stereocenters. The summed E-state index contributed by atoms with van der Waals surface area (Å²) in [5.74, 6) is 2.03. The fourth-order valence-electron chi connectivity index (χ4n) is 7.48. The van der Waals surface area contributed by atoms with Gasteiger partial charge in [0.05, 0.1) is 23.8 Å². The molecule has 0 unspecified atom stereocenters. The van der Waals surface area contributed by atoms with E-state index < -0.39 is 29.8 Å². The molecular formula is C48H43ClF2N6O7S. The number of aromatic nitrogens is 4. The predicted octanol–water partition coefficient (Wildman–Crippen LogP) is 7.96. The normalized spacial score (nSPS) is 18.6. The lowest BCUT2D eigenvalue weighted by Gasteiger charge is -2.34. The van der Waals surface area contributed by atoms with Crippen LogP contribution in [0, 0.1) is 24.0 Å². The number of hydrogen-bond acceptors (Lipinski definition) is 13. The lowest BCUT2D eigenvalue weighted by Crippen LogP contribution is -2.48. The molecule has 0 saturated carbocycles. The molecule has 3 aromatic heterocycles. The van der Waals surface area contributed by atoms with Crippen LogP contribution in [-0.4, -0.2) is 107 Å². The largest absolute Gasteiger partial charge is 0.496 e. The minimum atomic E-state index is -1.47. The van der Waals surface area contributed by atoms with Crippen molar-refractivity contribution in [3.05, 3.63) is 131 Å². The van der Waals surface area contributed by atoms with Gasteiger partial charge in [-0.15, -0.1) is 17.8 Å². The number of hydrogen-bond donors (Lipinski definition) is 1. The van der Waals surface area contributed by atoms with Crippen LogP contribution in [-0.2, 0) is 29.0 Å². The van der Waals surface area contributed by atoms with Gasteiger partial charge in [-0.2, -0.15) is 0 Å². The summed E-state index contributed by atoms with van der Waals surface area (Å²) in [4.78, 5) is 36.9. The number of terminal acetylenes is 1. The van der Waals surface area contributed by atoms with Crippen molar-refractivity contribution in [2.45, 2.75) is 31.7 Å². The number of allylic oxidation sites excluding steroid dienone is 3. The number of carboxylic acid groups (broad SMARTS) is 1. The number of fused-ring (bicyclic) bond motifs is 2. The lowest BCUT2D eigenvalue weighted by atomic mass is 10.0. The van der Waals surface area contributed by atoms with Crippen molar-refractivity contribution in [3.8, 4) is 57.3 Å². The van der Waals surface area contributed by atoms with Crippen molar-refractivity contribution in [1.82, 2.24) is 29.7 Å². The zero-order valence-corrected chi connectivity index (χ0v) is 37.0. The molecule has 1 saturated heterocycles. The first-order chi connectivity index (χ1) is 31.5. The Morgan fingerprint density at radius 3 is 2.55 bits per heavy atom. The summed E-state index contributed by atoms with van der Waals surface area (Å²) < 4.78 is 59.6. The van der Waals surface area contributed by atoms with E-state index in [1.54, 1.807) is 42.5 Å². The summed E-state index contributed by atoms with van der Waals surface area (Å²) >= 11 is 8.00. The van der Waals surface area contributed by atoms with Gasteiger partial charge in [0.1, 0.15) is 70.1 Å². The van der Waals surface area contributed by atoms with Gasteiger partial charge in [0.25, 0.3) is 0 Å². The van der Waals surface area contributed by atoms with E-state index in [9.17, 15) is 18.7 Å². The summed E-state index contributed by atoms with van der Waals surface area (Å²) in [6.07, 6.45) is 10.3. The molecule has 2 bridgehead atoms. The molecule has 0 spiro atoms. The number of likely N-dealkylation sites (N-methyl/N-ethyl adjacent to an activating group) is 1. The van der Waals surface area contributed by atoms with Crippen molar-refractivity contribution in [2.75, 3.05) is 53.5 Å². The maximum Gasteiger partial charge on any atom is 0.345 e. The van der Waals surface area contributed by atoms with Gasteiger partial charge in [0, 0.05) is 55.8 Å². The van der Waals surface area contributed by atoms with E-state index >= 15 is 0 Å². The Labute approximate surface area is 382 Å². The number of methoxy groups -OCH3 is 1. The molecule has 1 fully saturated rings. The predicted molar refractivity (Wildman–Crippen MR) is 242 cm³/mol. The molecule has 2 aliphatic heterocycles. The van der Waals surface area contributed by atoms with Crippen molar-refractivity contribution in [3.63, 3.8) is 0 Å². The molecule has 6 aromatic rings. The number of nitrogens with zero attached hydrogens (tertiary/aromatic N) is 6. The van der Waals surface area contributed by atoms with Crippen molar-refractivity contribution in [1.29, 1.82) is 0 Å². The number of thiophene rings is 1. The molecule has 0 amide bonds. The highest BCUT2D eigenvalue weighted by atomic mass is 35.5. The number of ether oxygens (including phenoxy) is 5. The Bertz CT molecular complexity index is 2790. The van der Waals surface area contributed by atoms with Crippen LogP contribution in [0.1, 0.15) is 16.8 Å². The van der Waals surface area contributed by atoms with Gasteiger partial charge >= 0.3 is 5.97 Å². The monoisotopic (exact) mass is 920 g/mol. The molecular weight excluding hydrogens is 878 g/mol. The van der Waals surface area contributed by atoms with E-state index in [0.29, 0.717) is 62.0 Å². The zero-order valence-electron chi connectivity index (χ0n) is 35.4. The highest BCUT2D eigenvalue weighted by Gasteiger charge is 2.28. The van der Waals surface area contributed by atoms with Crippen LogP contribution < -0.4 is 18.9 Å². The van der Waals surface area contributed by atoms with Gasteiger partial charge in [0.15, 0.2) is 5.82 Å². The Kier molecular flexibility index (Phi) is 14.2. The molecule has 0 radical (unpaired) electrons. The van der Waals surface area contributed by atoms with Crippen LogP contribution in [0.15, 0.2) is 102 Å². The molecule has 2 aliphatic rings. The molecule has 65 heavy (non-hydrogen) atoms. The van der Waals surface area contributed by atoms with Gasteiger partial charge in [-0.05, 0) is 85.3 Å². The number of halogens is 3. The molecule has 334 valence electrons. The second kappa shape index (κ2) is 20.5. The Hall–Kier alpha value is -6.64. The number of carboxylic acids is 1. The molecule has 5 heterocycles. The molecule has 17 heteroatoms. The number of carbonyl (C=O) groups is 1. The van der Waals surface area contributed by atoms with E-state index in [0.717, 1.165) is 31.1 Å². The topological polar surface area (TPSA) is 141 Å². The number of rotatable bonds is 9. The fourth-order valence-corrected chi connectivity index (χ4v) is 8.76. The SMILES string of the molecule is C#C/C(Cl)=C1\C=C/Cc2c(-c3ccc(F)cc3)sc3ncnc(c23)O[C@@H](C(=O)O)Cc2cc(ccc2OCc2ccnc(-c3cc(F)ccc3OC)n2)OC[C@@H](CN2CCN(C)CC2)O1. The fraction of sp³-hybridized carbons (Fsp3) is 0.271. The third-order valence-electron chi connectivity index (χ3n) is 10.8. The van der Waals surface area contributed by atoms with Crippen LogP contribution in [0.25, 0.3) is 32.0 Å². The van der Waals surface area contributed by atoms with Gasteiger partial charge in [0.2, 0.25) is 12.0 Å². The van der Waals surface area contributed by atoms with Gasteiger partial charge < -0.3 is 33.7 Å². The first-order valence-corrected chi connectivity index (χ1v) is 21.8. The molecule has 3 aromatic carbocycles. The summed E-state index contributed by atoms with van der Waals surface area (Å²) in [5, 5.41) is 11.3. The third kappa shape index (κ3) is 10.8. The van der Waals surface area contributed by atoms with E-state index in [2.05, 4.69) is 42.7 Å². The van der Waals surface area contributed by atoms with E-state index in [-0.39, 0.29) is 48.6 Å². The minimum absolute atomic E-state index is 0.0387. The number of aliphatic carboxylic acids is 1. The average molecular weight is 921 g/mol. The van der Waals surface area contributed by atoms with Crippen molar-refractivity contribution >= 4 is 39.1 Å². The first-order valence-electron chi connectivity index (χ1n) is 20.6. The van der Waals surface area contributed by atoms with Crippen molar-refractivity contribution in [2.24, 2.45) is 0 Å². The zero-order chi connectivity index (χ0) is 45.5. The minimum Gasteiger partial charge on any atom is -0.496 e. The van der Waals surface area contributed by atoms with Crippen LogP contribution in [0.2, 0.25) is 0 Å². The number of benzene rings is 3. The van der Waals surface area contributed by atoms with Crippen LogP contribution in [0.4, 0.5) is 8.78 Å². The second-order valence-electron chi connectivity index (χ2n) is 15.3. The maximum atomic E-state index is 14.3. The molecule has 1 N–H and O–H groups in total. The quantitative estimate of drug-likeness (QED) is 0.140. The summed E-state index contributed by atoms with van der Waals surface area (Å²) in [7, 11) is 3.55. The van der Waals surface area contributed by atoms with E-state index in [1.807, 2.05) is 6.08 Å². The highest BCUT2D eigenvalue weighted by molar-refractivity contribution is 7.22. The smallest absolute Gasteiger partial charge is 0.345 e. The number of piperazine rings is 1. The van der Waals surface area contributed by atoms with E-state index in [1.165, 1.54) is 61.3 Å². The van der Waals surface area contributed by atoms with E-state index in [4.69, 9.17) is 41.7 Å². The van der Waals surface area contributed by atoms with Gasteiger partial charge in [-0.25, -0.2) is 33.5 Å². The third-order valence-corrected chi connectivity index (χ3v) is 12.3. The molecule has 8 rings (SSSR count). The van der Waals surface area contributed by atoms with Crippen LogP contribution in [0.3, 0.4) is 0 Å². The second-order valence-corrected chi connectivity index (χ2v) is 16.7.